The van der Waals surface area contributed by atoms with Gasteiger partial charge < -0.3 is 24.6 Å². The number of likely N-dealkylation sites (tertiary alicyclic amines) is 1. The smallest absolute Gasteiger partial charge is 0.387 e. The third-order valence-electron chi connectivity index (χ3n) is 7.84. The molecular formula is C32H34F3N5O5. The molecule has 1 saturated carbocycles. The number of amides is 3. The van der Waals surface area contributed by atoms with Gasteiger partial charge in [0.2, 0.25) is 11.8 Å². The maximum Gasteiger partial charge on any atom is 0.387 e. The van der Waals surface area contributed by atoms with Gasteiger partial charge in [-0.25, -0.2) is 9.37 Å². The summed E-state index contributed by atoms with van der Waals surface area (Å²) in [5.41, 5.74) is 1.87. The first-order valence-corrected chi connectivity index (χ1v) is 14.7. The number of hydrogen-bond acceptors (Lipinski definition) is 7. The summed E-state index contributed by atoms with van der Waals surface area (Å²) in [5, 5.41) is 2.83. The van der Waals surface area contributed by atoms with Crippen LogP contribution in [-0.2, 0) is 22.7 Å². The number of ether oxygens (including phenoxy) is 2. The van der Waals surface area contributed by atoms with Gasteiger partial charge in [0.15, 0.2) is 11.5 Å². The number of halogens is 3. The molecule has 1 unspecified atom stereocenters. The normalized spacial score (nSPS) is 17.7. The van der Waals surface area contributed by atoms with E-state index in [2.05, 4.69) is 20.0 Å². The summed E-state index contributed by atoms with van der Waals surface area (Å²) in [7, 11) is 1.58. The van der Waals surface area contributed by atoms with Crippen molar-refractivity contribution in [1.29, 1.82) is 0 Å². The molecule has 3 heterocycles. The van der Waals surface area contributed by atoms with Crippen LogP contribution in [0.1, 0.15) is 59.5 Å². The van der Waals surface area contributed by atoms with Crippen LogP contribution < -0.4 is 14.8 Å². The second-order valence-electron chi connectivity index (χ2n) is 11.3. The number of carbonyl (C=O) groups is 3. The molecular weight excluding hydrogens is 591 g/mol. The molecule has 10 nitrogen and oxygen atoms in total. The lowest BCUT2D eigenvalue weighted by molar-refractivity contribution is -0.136. The van der Waals surface area contributed by atoms with E-state index in [0.717, 1.165) is 24.6 Å². The van der Waals surface area contributed by atoms with E-state index in [0.29, 0.717) is 30.3 Å². The Morgan fingerprint density at radius 2 is 1.89 bits per heavy atom. The summed E-state index contributed by atoms with van der Waals surface area (Å²) < 4.78 is 49.6. The first kappa shape index (κ1) is 31.7. The van der Waals surface area contributed by atoms with Crippen LogP contribution in [0.25, 0.3) is 0 Å². The quantitative estimate of drug-likeness (QED) is 0.319. The van der Waals surface area contributed by atoms with E-state index in [9.17, 15) is 27.6 Å². The number of nitrogens with one attached hydrogen (secondary N) is 1. The highest BCUT2D eigenvalue weighted by atomic mass is 19.3. The minimum absolute atomic E-state index is 0.0227. The SMILES string of the molecule is CC(=O)N1CC(c2ccc(OC(F)F)c(OCC3CC3)c2)C[C@@H]1C(=O)NCc1cccc(C(=O)N(C)Cc2ccc(F)cn2)n1. The molecule has 238 valence electrons. The summed E-state index contributed by atoms with van der Waals surface area (Å²) in [4.78, 5) is 50.0. The van der Waals surface area contributed by atoms with Crippen LogP contribution in [0.4, 0.5) is 13.2 Å². The summed E-state index contributed by atoms with van der Waals surface area (Å²) in [6, 6.07) is 11.6. The largest absolute Gasteiger partial charge is 0.489 e. The van der Waals surface area contributed by atoms with Crippen molar-refractivity contribution in [3.8, 4) is 11.5 Å². The van der Waals surface area contributed by atoms with Crippen molar-refractivity contribution in [1.82, 2.24) is 25.1 Å². The third-order valence-corrected chi connectivity index (χ3v) is 7.84. The zero-order valence-corrected chi connectivity index (χ0v) is 24.9. The summed E-state index contributed by atoms with van der Waals surface area (Å²) in [6.45, 7) is -0.764. The topological polar surface area (TPSA) is 114 Å². The minimum Gasteiger partial charge on any atom is -0.489 e. The number of pyridine rings is 2. The van der Waals surface area contributed by atoms with Gasteiger partial charge in [0.1, 0.15) is 17.6 Å². The molecule has 2 aromatic heterocycles. The molecule has 0 radical (unpaired) electrons. The molecule has 45 heavy (non-hydrogen) atoms. The Kier molecular flexibility index (Phi) is 9.84. The van der Waals surface area contributed by atoms with E-state index in [4.69, 9.17) is 4.74 Å². The van der Waals surface area contributed by atoms with Crippen LogP contribution in [0.3, 0.4) is 0 Å². The van der Waals surface area contributed by atoms with E-state index in [1.807, 2.05) is 0 Å². The van der Waals surface area contributed by atoms with Gasteiger partial charge >= 0.3 is 6.61 Å². The van der Waals surface area contributed by atoms with Crippen LogP contribution in [0, 0.1) is 11.7 Å². The van der Waals surface area contributed by atoms with E-state index in [-0.39, 0.29) is 60.5 Å². The van der Waals surface area contributed by atoms with Crippen molar-refractivity contribution in [3.05, 3.63) is 83.2 Å². The molecule has 1 aliphatic heterocycles. The predicted molar refractivity (Wildman–Crippen MR) is 156 cm³/mol. The van der Waals surface area contributed by atoms with Gasteiger partial charge in [-0.3, -0.25) is 19.4 Å². The molecule has 2 aliphatic rings. The van der Waals surface area contributed by atoms with Gasteiger partial charge in [-0.15, -0.1) is 0 Å². The number of aromatic nitrogens is 2. The number of nitrogens with zero attached hydrogens (tertiary/aromatic N) is 4. The van der Waals surface area contributed by atoms with Crippen molar-refractivity contribution < 1.29 is 37.0 Å². The second-order valence-corrected chi connectivity index (χ2v) is 11.3. The number of benzene rings is 1. The van der Waals surface area contributed by atoms with Crippen LogP contribution in [0.2, 0.25) is 0 Å². The fraction of sp³-hybridized carbons (Fsp3) is 0.406. The van der Waals surface area contributed by atoms with Crippen molar-refractivity contribution in [2.45, 2.75) is 57.8 Å². The van der Waals surface area contributed by atoms with E-state index in [1.165, 1.54) is 34.9 Å². The zero-order chi connectivity index (χ0) is 32.1. The number of alkyl halides is 2. The lowest BCUT2D eigenvalue weighted by Gasteiger charge is -2.22. The van der Waals surface area contributed by atoms with E-state index < -0.39 is 18.5 Å². The summed E-state index contributed by atoms with van der Waals surface area (Å²) in [6.07, 6.45) is 3.45. The van der Waals surface area contributed by atoms with E-state index >= 15 is 0 Å². The maximum atomic E-state index is 13.3. The van der Waals surface area contributed by atoms with E-state index in [1.54, 1.807) is 37.4 Å². The molecule has 0 spiro atoms. The molecule has 2 fully saturated rings. The average molecular weight is 626 g/mol. The van der Waals surface area contributed by atoms with Gasteiger partial charge in [-0.2, -0.15) is 8.78 Å². The van der Waals surface area contributed by atoms with Crippen LogP contribution in [0.5, 0.6) is 11.5 Å². The van der Waals surface area contributed by atoms with Crippen LogP contribution in [0.15, 0.2) is 54.7 Å². The third kappa shape index (κ3) is 8.28. The van der Waals surface area contributed by atoms with Gasteiger partial charge in [-0.1, -0.05) is 12.1 Å². The molecule has 2 atom stereocenters. The monoisotopic (exact) mass is 625 g/mol. The van der Waals surface area contributed by atoms with Crippen molar-refractivity contribution >= 4 is 17.7 Å². The van der Waals surface area contributed by atoms with Gasteiger partial charge in [-0.05, 0) is 67.1 Å². The highest BCUT2D eigenvalue weighted by molar-refractivity contribution is 5.92. The van der Waals surface area contributed by atoms with Crippen molar-refractivity contribution in [2.75, 3.05) is 20.2 Å². The molecule has 13 heteroatoms. The molecule has 0 bridgehead atoms. The fourth-order valence-electron chi connectivity index (χ4n) is 5.25. The van der Waals surface area contributed by atoms with Crippen LogP contribution >= 0.6 is 0 Å². The Morgan fingerprint density at radius 1 is 1.09 bits per heavy atom. The molecule has 1 aliphatic carbocycles. The van der Waals surface area contributed by atoms with Gasteiger partial charge in [0.05, 0.1) is 37.3 Å². The first-order valence-electron chi connectivity index (χ1n) is 14.7. The summed E-state index contributed by atoms with van der Waals surface area (Å²) >= 11 is 0. The molecule has 3 aromatic rings. The molecule has 5 rings (SSSR count). The van der Waals surface area contributed by atoms with Crippen molar-refractivity contribution in [3.63, 3.8) is 0 Å². The number of hydrogen-bond donors (Lipinski definition) is 1. The van der Waals surface area contributed by atoms with Gasteiger partial charge in [0.25, 0.3) is 5.91 Å². The molecule has 1 aromatic carbocycles. The predicted octanol–water partition coefficient (Wildman–Crippen LogP) is 4.30. The molecule has 1 saturated heterocycles. The average Bonchev–Trinajstić information content (AvgIpc) is 3.74. The Labute approximate surface area is 258 Å². The first-order chi connectivity index (χ1) is 21.6. The summed E-state index contributed by atoms with van der Waals surface area (Å²) in [5.74, 6) is -1.19. The highest BCUT2D eigenvalue weighted by Gasteiger charge is 2.39. The standard InChI is InChI=1S/C32H34F3N5O5/c1-19(41)40-16-22(21-8-11-28(45-32(34)35)29(13-21)44-18-20-6-7-20)12-27(40)30(42)37-15-24-4-3-5-26(38-24)31(43)39(2)17-25-10-9-23(33)14-36-25/h3-5,8-11,13-14,20,22,27,32H,6-7,12,15-18H2,1-2H3,(H,37,42)/t22?,27-/m1/s1. The Hall–Kier alpha value is -4.68. The highest BCUT2D eigenvalue weighted by Crippen LogP contribution is 2.39. The minimum atomic E-state index is -3.00. The number of rotatable bonds is 12. The number of carbonyl (C=O) groups excluding carboxylic acids is 3. The fourth-order valence-corrected chi connectivity index (χ4v) is 5.25. The Balaban J connectivity index is 1.22. The van der Waals surface area contributed by atoms with Gasteiger partial charge in [0, 0.05) is 26.4 Å². The second kappa shape index (κ2) is 14.0. The Bertz CT molecular complexity index is 1540. The van der Waals surface area contributed by atoms with Crippen molar-refractivity contribution in [2.24, 2.45) is 5.92 Å². The zero-order valence-electron chi connectivity index (χ0n) is 24.9. The molecule has 1 N–H and O–H groups in total. The lowest BCUT2D eigenvalue weighted by atomic mass is 9.95. The molecule has 3 amide bonds. The Morgan fingerprint density at radius 3 is 2.58 bits per heavy atom. The maximum absolute atomic E-state index is 13.3. The van der Waals surface area contributed by atoms with Crippen LogP contribution in [-0.4, -0.2) is 70.3 Å². The lowest BCUT2D eigenvalue weighted by Crippen LogP contribution is -2.45.